The molecule has 0 aliphatic carbocycles. The third-order valence-corrected chi connectivity index (χ3v) is 7.39. The number of amides is 1. The highest BCUT2D eigenvalue weighted by atomic mass is 16.5. The lowest BCUT2D eigenvalue weighted by Gasteiger charge is -2.25. The molecule has 2 aromatic rings. The second kappa shape index (κ2) is 15.3. The first-order chi connectivity index (χ1) is 19.1. The van der Waals surface area contributed by atoms with Crippen LogP contribution in [0.5, 0.6) is 5.75 Å². The zero-order valence-corrected chi connectivity index (χ0v) is 23.3. The normalized spacial score (nSPS) is 16.9. The van der Waals surface area contributed by atoms with E-state index in [2.05, 4.69) is 22.4 Å². The van der Waals surface area contributed by atoms with E-state index in [0.29, 0.717) is 30.9 Å². The summed E-state index contributed by atoms with van der Waals surface area (Å²) < 4.78 is 11.4. The SMILES string of the molecule is CCCCCCCCOC(=O)CC1COc2ccc(NC(=O)c3ccc(/C=N/N4CCCCC4)cc3)cc2C1. The Bertz CT molecular complexity index is 1090. The van der Waals surface area contributed by atoms with Crippen molar-refractivity contribution < 1.29 is 19.1 Å². The number of anilines is 1. The lowest BCUT2D eigenvalue weighted by Crippen LogP contribution is -2.24. The Morgan fingerprint density at radius 1 is 1.03 bits per heavy atom. The number of ether oxygens (including phenoxy) is 2. The second-order valence-corrected chi connectivity index (χ2v) is 10.7. The smallest absolute Gasteiger partial charge is 0.306 e. The molecular weight excluding hydrogens is 490 g/mol. The number of piperidine rings is 1. The lowest BCUT2D eigenvalue weighted by atomic mass is 9.93. The molecule has 1 saturated heterocycles. The van der Waals surface area contributed by atoms with Crippen LogP contribution in [0.4, 0.5) is 5.69 Å². The van der Waals surface area contributed by atoms with Gasteiger partial charge in [-0.1, -0.05) is 51.2 Å². The molecule has 210 valence electrons. The van der Waals surface area contributed by atoms with Gasteiger partial charge in [-0.15, -0.1) is 0 Å². The monoisotopic (exact) mass is 533 g/mol. The molecule has 39 heavy (non-hydrogen) atoms. The van der Waals surface area contributed by atoms with E-state index < -0.39 is 0 Å². The third-order valence-electron chi connectivity index (χ3n) is 7.39. The van der Waals surface area contributed by atoms with Crippen molar-refractivity contribution in [2.24, 2.45) is 11.0 Å². The van der Waals surface area contributed by atoms with Gasteiger partial charge in [0.2, 0.25) is 0 Å². The topological polar surface area (TPSA) is 80.2 Å². The van der Waals surface area contributed by atoms with E-state index in [1.54, 1.807) is 0 Å². The Labute approximate surface area is 233 Å². The number of hydrogen-bond donors (Lipinski definition) is 1. The average Bonchev–Trinajstić information content (AvgIpc) is 2.96. The van der Waals surface area contributed by atoms with Gasteiger partial charge in [-0.3, -0.25) is 14.6 Å². The molecule has 0 bridgehead atoms. The number of carbonyl (C=O) groups is 2. The van der Waals surface area contributed by atoms with Gasteiger partial charge >= 0.3 is 5.97 Å². The number of hydrogen-bond acceptors (Lipinski definition) is 6. The van der Waals surface area contributed by atoms with Crippen molar-refractivity contribution in [1.29, 1.82) is 0 Å². The van der Waals surface area contributed by atoms with Crippen LogP contribution in [0.3, 0.4) is 0 Å². The standard InChI is InChI=1S/C32H43N3O4/c1-2-3-4-5-6-10-19-38-31(36)21-26-20-28-22-29(15-16-30(28)39-24-26)34-32(37)27-13-11-25(12-14-27)23-33-35-17-8-7-9-18-35/h11-16,22-23,26H,2-10,17-21,24H2,1H3,(H,34,37)/b33-23+. The summed E-state index contributed by atoms with van der Waals surface area (Å²) in [5.74, 6) is 0.553. The van der Waals surface area contributed by atoms with Crippen LogP contribution in [-0.4, -0.2) is 49.4 Å². The summed E-state index contributed by atoms with van der Waals surface area (Å²) >= 11 is 0. The number of nitrogens with zero attached hydrogens (tertiary/aromatic N) is 2. The minimum absolute atomic E-state index is 0.0691. The summed E-state index contributed by atoms with van der Waals surface area (Å²) in [5.41, 5.74) is 3.27. The molecule has 0 aromatic heterocycles. The first-order valence-corrected chi connectivity index (χ1v) is 14.7. The van der Waals surface area contributed by atoms with Crippen LogP contribution in [-0.2, 0) is 16.0 Å². The summed E-state index contributed by atoms with van der Waals surface area (Å²) in [6.07, 6.45) is 13.6. The molecule has 2 aliphatic heterocycles. The van der Waals surface area contributed by atoms with Crippen molar-refractivity contribution in [2.45, 2.75) is 77.6 Å². The number of carbonyl (C=O) groups excluding carboxylic acids is 2. The molecule has 7 heteroatoms. The van der Waals surface area contributed by atoms with Gasteiger partial charge in [0.1, 0.15) is 5.75 Å². The van der Waals surface area contributed by atoms with Crippen LogP contribution in [0.25, 0.3) is 0 Å². The number of benzene rings is 2. The molecular formula is C32H43N3O4. The van der Waals surface area contributed by atoms with Gasteiger partial charge in [0.05, 0.1) is 25.8 Å². The maximum atomic E-state index is 12.9. The third kappa shape index (κ3) is 9.41. The van der Waals surface area contributed by atoms with Gasteiger partial charge in [-0.25, -0.2) is 0 Å². The van der Waals surface area contributed by atoms with E-state index in [0.717, 1.165) is 49.2 Å². The minimum Gasteiger partial charge on any atom is -0.493 e. The van der Waals surface area contributed by atoms with Crippen LogP contribution in [0.15, 0.2) is 47.6 Å². The Kier molecular flexibility index (Phi) is 11.2. The number of hydrazone groups is 1. The molecule has 7 nitrogen and oxygen atoms in total. The number of rotatable bonds is 13. The van der Waals surface area contributed by atoms with E-state index in [-0.39, 0.29) is 17.8 Å². The van der Waals surface area contributed by atoms with Crippen LogP contribution >= 0.6 is 0 Å². The van der Waals surface area contributed by atoms with Crippen LogP contribution in [0, 0.1) is 5.92 Å². The largest absolute Gasteiger partial charge is 0.493 e. The van der Waals surface area contributed by atoms with Gasteiger partial charge in [-0.05, 0) is 73.6 Å². The van der Waals surface area contributed by atoms with E-state index in [1.807, 2.05) is 48.7 Å². The summed E-state index contributed by atoms with van der Waals surface area (Å²) in [6.45, 7) is 5.22. The zero-order chi connectivity index (χ0) is 27.3. The van der Waals surface area contributed by atoms with E-state index in [9.17, 15) is 9.59 Å². The molecule has 1 atom stereocenters. The molecule has 2 heterocycles. The summed E-state index contributed by atoms with van der Waals surface area (Å²) in [5, 5.41) is 9.65. The van der Waals surface area contributed by atoms with Crippen LogP contribution in [0.2, 0.25) is 0 Å². The predicted molar refractivity (Wildman–Crippen MR) is 155 cm³/mol. The zero-order valence-electron chi connectivity index (χ0n) is 23.3. The maximum Gasteiger partial charge on any atom is 0.306 e. The molecule has 2 aromatic carbocycles. The highest BCUT2D eigenvalue weighted by Crippen LogP contribution is 2.31. The molecule has 2 aliphatic rings. The molecule has 1 amide bonds. The summed E-state index contributed by atoms with van der Waals surface area (Å²) in [6, 6.07) is 13.2. The van der Waals surface area contributed by atoms with E-state index >= 15 is 0 Å². The maximum absolute atomic E-state index is 12.9. The Hall–Kier alpha value is -3.35. The van der Waals surface area contributed by atoms with Gasteiger partial charge < -0.3 is 14.8 Å². The molecule has 0 saturated carbocycles. The van der Waals surface area contributed by atoms with Crippen molar-refractivity contribution in [3.8, 4) is 5.75 Å². The fourth-order valence-electron chi connectivity index (χ4n) is 5.09. The van der Waals surface area contributed by atoms with Crippen molar-refractivity contribution in [3.63, 3.8) is 0 Å². The van der Waals surface area contributed by atoms with Gasteiger partial charge in [0.25, 0.3) is 5.91 Å². The first kappa shape index (κ1) is 28.7. The number of nitrogens with one attached hydrogen (secondary N) is 1. The number of esters is 1. The van der Waals surface area contributed by atoms with Crippen molar-refractivity contribution >= 4 is 23.8 Å². The van der Waals surface area contributed by atoms with E-state index in [1.165, 1.54) is 44.9 Å². The van der Waals surface area contributed by atoms with Crippen molar-refractivity contribution in [2.75, 3.05) is 31.6 Å². The Morgan fingerprint density at radius 3 is 2.59 bits per heavy atom. The van der Waals surface area contributed by atoms with Gasteiger partial charge in [0.15, 0.2) is 0 Å². The molecule has 1 unspecified atom stereocenters. The Morgan fingerprint density at radius 2 is 1.79 bits per heavy atom. The molecule has 1 N–H and O–H groups in total. The first-order valence-electron chi connectivity index (χ1n) is 14.7. The van der Waals surface area contributed by atoms with Crippen LogP contribution < -0.4 is 10.1 Å². The number of unbranched alkanes of at least 4 members (excludes halogenated alkanes) is 5. The Balaban J connectivity index is 1.23. The molecule has 0 spiro atoms. The lowest BCUT2D eigenvalue weighted by molar-refractivity contribution is -0.145. The average molecular weight is 534 g/mol. The second-order valence-electron chi connectivity index (χ2n) is 10.7. The van der Waals surface area contributed by atoms with Gasteiger partial charge in [-0.2, -0.15) is 5.10 Å². The number of fused-ring (bicyclic) bond motifs is 1. The van der Waals surface area contributed by atoms with Gasteiger partial charge in [0, 0.05) is 30.3 Å². The highest BCUT2D eigenvalue weighted by Gasteiger charge is 2.23. The fraction of sp³-hybridized carbons (Fsp3) is 0.531. The molecule has 4 rings (SSSR count). The predicted octanol–water partition coefficient (Wildman–Crippen LogP) is 6.60. The quantitative estimate of drug-likeness (QED) is 0.178. The van der Waals surface area contributed by atoms with E-state index in [4.69, 9.17) is 9.47 Å². The summed E-state index contributed by atoms with van der Waals surface area (Å²) in [4.78, 5) is 25.2. The summed E-state index contributed by atoms with van der Waals surface area (Å²) in [7, 11) is 0. The van der Waals surface area contributed by atoms with Crippen molar-refractivity contribution in [3.05, 3.63) is 59.2 Å². The van der Waals surface area contributed by atoms with Crippen molar-refractivity contribution in [1.82, 2.24) is 5.01 Å². The van der Waals surface area contributed by atoms with Crippen LogP contribution in [0.1, 0.15) is 92.6 Å². The minimum atomic E-state index is -0.166. The highest BCUT2D eigenvalue weighted by molar-refractivity contribution is 6.04. The fourth-order valence-corrected chi connectivity index (χ4v) is 5.09. The molecule has 1 fully saturated rings. The molecule has 0 radical (unpaired) electrons.